The van der Waals surface area contributed by atoms with Crippen LogP contribution in [0.15, 0.2) is 48.5 Å². The first kappa shape index (κ1) is 14.0. The van der Waals surface area contributed by atoms with Crippen LogP contribution in [-0.2, 0) is 11.3 Å². The van der Waals surface area contributed by atoms with Gasteiger partial charge in [-0.2, -0.15) is 0 Å². The van der Waals surface area contributed by atoms with Crippen LogP contribution in [0, 0.1) is 0 Å². The van der Waals surface area contributed by atoms with Gasteiger partial charge in [-0.05, 0) is 48.4 Å². The Morgan fingerprint density at radius 2 is 1.95 bits per heavy atom. The fraction of sp³-hybridized carbons (Fsp3) is 0.235. The van der Waals surface area contributed by atoms with Crippen molar-refractivity contribution in [3.63, 3.8) is 0 Å². The third kappa shape index (κ3) is 3.37. The van der Waals surface area contributed by atoms with Crippen LogP contribution >= 0.6 is 11.6 Å². The van der Waals surface area contributed by atoms with Crippen LogP contribution in [0.2, 0.25) is 5.02 Å². The molecule has 3 nitrogen and oxygen atoms in total. The molecule has 1 heterocycles. The maximum absolute atomic E-state index is 11.7. The number of carbonyl (C=O) groups is 1. The van der Waals surface area contributed by atoms with Gasteiger partial charge in [-0.25, -0.2) is 0 Å². The highest BCUT2D eigenvalue weighted by Gasteiger charge is 2.21. The Morgan fingerprint density at radius 3 is 2.62 bits per heavy atom. The summed E-state index contributed by atoms with van der Waals surface area (Å²) in [5.74, 6) is 0.217. The van der Waals surface area contributed by atoms with Gasteiger partial charge in [0.05, 0.1) is 0 Å². The van der Waals surface area contributed by atoms with E-state index in [9.17, 15) is 4.79 Å². The number of amides is 1. The third-order valence-electron chi connectivity index (χ3n) is 3.64. The number of benzene rings is 2. The van der Waals surface area contributed by atoms with Crippen molar-refractivity contribution in [3.05, 3.63) is 59.1 Å². The molecule has 1 fully saturated rings. The molecular formula is C17H17ClN2O. The monoisotopic (exact) mass is 300 g/mol. The Bertz CT molecular complexity index is 639. The summed E-state index contributed by atoms with van der Waals surface area (Å²) in [5, 5.41) is 4.10. The van der Waals surface area contributed by atoms with Gasteiger partial charge in [0.1, 0.15) is 0 Å². The molecule has 4 heteroatoms. The molecule has 1 saturated heterocycles. The van der Waals surface area contributed by atoms with Crippen molar-refractivity contribution in [1.29, 1.82) is 0 Å². The molecule has 0 aromatic heterocycles. The van der Waals surface area contributed by atoms with Crippen LogP contribution in [0.3, 0.4) is 0 Å². The number of hydrogen-bond donors (Lipinski definition) is 1. The highest BCUT2D eigenvalue weighted by atomic mass is 35.5. The molecule has 1 amide bonds. The SMILES string of the molecule is O=C1CCCN1c1ccc(NCc2cccc(Cl)c2)cc1. The molecular weight excluding hydrogens is 284 g/mol. The van der Waals surface area contributed by atoms with E-state index in [0.717, 1.165) is 41.5 Å². The molecule has 0 bridgehead atoms. The van der Waals surface area contributed by atoms with Gasteiger partial charge in [-0.3, -0.25) is 4.79 Å². The number of hydrogen-bond acceptors (Lipinski definition) is 2. The maximum Gasteiger partial charge on any atom is 0.227 e. The molecule has 21 heavy (non-hydrogen) atoms. The summed E-state index contributed by atoms with van der Waals surface area (Å²) in [6, 6.07) is 15.8. The average Bonchev–Trinajstić information content (AvgIpc) is 2.92. The summed E-state index contributed by atoms with van der Waals surface area (Å²) in [6.45, 7) is 1.55. The Labute approximate surface area is 129 Å². The zero-order valence-electron chi connectivity index (χ0n) is 11.7. The normalized spacial score (nSPS) is 14.5. The van der Waals surface area contributed by atoms with Crippen LogP contribution in [0.25, 0.3) is 0 Å². The van der Waals surface area contributed by atoms with Crippen molar-refractivity contribution >= 4 is 28.9 Å². The second-order valence-corrected chi connectivity index (χ2v) is 5.62. The van der Waals surface area contributed by atoms with Crippen LogP contribution in [0.4, 0.5) is 11.4 Å². The lowest BCUT2D eigenvalue weighted by Crippen LogP contribution is -2.23. The highest BCUT2D eigenvalue weighted by Crippen LogP contribution is 2.23. The lowest BCUT2D eigenvalue weighted by Gasteiger charge is -2.16. The molecule has 0 atom stereocenters. The van der Waals surface area contributed by atoms with E-state index in [0.29, 0.717) is 6.42 Å². The molecule has 1 aliphatic heterocycles. The topological polar surface area (TPSA) is 32.3 Å². The molecule has 108 valence electrons. The first-order valence-corrected chi connectivity index (χ1v) is 7.49. The van der Waals surface area contributed by atoms with Crippen molar-refractivity contribution in [2.75, 3.05) is 16.8 Å². The van der Waals surface area contributed by atoms with E-state index < -0.39 is 0 Å². The quantitative estimate of drug-likeness (QED) is 0.923. The second-order valence-electron chi connectivity index (χ2n) is 5.18. The van der Waals surface area contributed by atoms with Crippen LogP contribution < -0.4 is 10.2 Å². The maximum atomic E-state index is 11.7. The molecule has 3 rings (SSSR count). The number of nitrogens with one attached hydrogen (secondary N) is 1. The molecule has 0 spiro atoms. The summed E-state index contributed by atoms with van der Waals surface area (Å²) in [6.07, 6.45) is 1.61. The molecule has 0 unspecified atom stereocenters. The second kappa shape index (κ2) is 6.19. The molecule has 0 aliphatic carbocycles. The van der Waals surface area contributed by atoms with Crippen molar-refractivity contribution < 1.29 is 4.79 Å². The third-order valence-corrected chi connectivity index (χ3v) is 3.87. The minimum atomic E-state index is 0.217. The van der Waals surface area contributed by atoms with Crippen molar-refractivity contribution in [1.82, 2.24) is 0 Å². The first-order valence-electron chi connectivity index (χ1n) is 7.11. The summed E-state index contributed by atoms with van der Waals surface area (Å²) in [7, 11) is 0. The van der Waals surface area contributed by atoms with E-state index in [1.54, 1.807) is 0 Å². The molecule has 0 saturated carbocycles. The van der Waals surface area contributed by atoms with Gasteiger partial charge >= 0.3 is 0 Å². The van der Waals surface area contributed by atoms with Crippen molar-refractivity contribution in [3.8, 4) is 0 Å². The molecule has 1 N–H and O–H groups in total. The zero-order chi connectivity index (χ0) is 14.7. The Balaban J connectivity index is 1.63. The average molecular weight is 301 g/mol. The fourth-order valence-corrected chi connectivity index (χ4v) is 2.74. The number of anilines is 2. The summed E-state index contributed by atoms with van der Waals surface area (Å²) in [4.78, 5) is 13.5. The molecule has 2 aromatic rings. The lowest BCUT2D eigenvalue weighted by molar-refractivity contribution is -0.117. The summed E-state index contributed by atoms with van der Waals surface area (Å²) in [5.41, 5.74) is 3.15. The van der Waals surface area contributed by atoms with Crippen molar-refractivity contribution in [2.45, 2.75) is 19.4 Å². The molecule has 2 aromatic carbocycles. The van der Waals surface area contributed by atoms with Gasteiger partial charge in [-0.15, -0.1) is 0 Å². The van der Waals surface area contributed by atoms with Gasteiger partial charge in [0.25, 0.3) is 0 Å². The highest BCUT2D eigenvalue weighted by molar-refractivity contribution is 6.30. The van der Waals surface area contributed by atoms with Crippen molar-refractivity contribution in [2.24, 2.45) is 0 Å². The Kier molecular flexibility index (Phi) is 4.11. The Hall–Kier alpha value is -2.00. The van der Waals surface area contributed by atoms with E-state index in [4.69, 9.17) is 11.6 Å². The van der Waals surface area contributed by atoms with Gasteiger partial charge in [0.15, 0.2) is 0 Å². The van der Waals surface area contributed by atoms with Crippen LogP contribution in [-0.4, -0.2) is 12.5 Å². The summed E-state index contributed by atoms with van der Waals surface area (Å²) >= 11 is 5.97. The van der Waals surface area contributed by atoms with Crippen LogP contribution in [0.5, 0.6) is 0 Å². The largest absolute Gasteiger partial charge is 0.381 e. The first-order chi connectivity index (χ1) is 10.2. The Morgan fingerprint density at radius 1 is 1.14 bits per heavy atom. The minimum absolute atomic E-state index is 0.217. The van der Waals surface area contributed by atoms with E-state index in [2.05, 4.69) is 5.32 Å². The smallest absolute Gasteiger partial charge is 0.227 e. The predicted octanol–water partition coefficient (Wildman–Crippen LogP) is 4.08. The van der Waals surface area contributed by atoms with E-state index in [-0.39, 0.29) is 5.91 Å². The fourth-order valence-electron chi connectivity index (χ4n) is 2.53. The number of rotatable bonds is 4. The number of halogens is 1. The predicted molar refractivity (Wildman–Crippen MR) is 86.8 cm³/mol. The number of nitrogens with zero attached hydrogens (tertiary/aromatic N) is 1. The number of carbonyl (C=O) groups excluding carboxylic acids is 1. The van der Waals surface area contributed by atoms with Gasteiger partial charge in [-0.1, -0.05) is 23.7 Å². The van der Waals surface area contributed by atoms with Gasteiger partial charge in [0.2, 0.25) is 5.91 Å². The zero-order valence-corrected chi connectivity index (χ0v) is 12.4. The van der Waals surface area contributed by atoms with Crippen LogP contribution in [0.1, 0.15) is 18.4 Å². The lowest BCUT2D eigenvalue weighted by atomic mass is 10.2. The van der Waals surface area contributed by atoms with E-state index in [1.165, 1.54) is 0 Å². The molecule has 1 aliphatic rings. The van der Waals surface area contributed by atoms with E-state index in [1.807, 2.05) is 53.4 Å². The van der Waals surface area contributed by atoms with E-state index >= 15 is 0 Å². The summed E-state index contributed by atoms with van der Waals surface area (Å²) < 4.78 is 0. The molecule has 0 radical (unpaired) electrons. The standard InChI is InChI=1S/C17H17ClN2O/c18-14-4-1-3-13(11-14)12-19-15-6-8-16(9-7-15)20-10-2-5-17(20)21/h1,3-4,6-9,11,19H,2,5,10,12H2. The van der Waals surface area contributed by atoms with Gasteiger partial charge < -0.3 is 10.2 Å². The minimum Gasteiger partial charge on any atom is -0.381 e. The van der Waals surface area contributed by atoms with Gasteiger partial charge in [0, 0.05) is 35.9 Å².